The van der Waals surface area contributed by atoms with Crippen LogP contribution in [0.2, 0.25) is 0 Å². The Hall–Kier alpha value is -0.570. The van der Waals surface area contributed by atoms with E-state index in [0.29, 0.717) is 23.8 Å². The van der Waals surface area contributed by atoms with Crippen molar-refractivity contribution in [2.75, 3.05) is 0 Å². The van der Waals surface area contributed by atoms with E-state index in [1.807, 2.05) is 0 Å². The summed E-state index contributed by atoms with van der Waals surface area (Å²) in [6.45, 7) is 4.64. The van der Waals surface area contributed by atoms with Gasteiger partial charge < -0.3 is 10.4 Å². The molecule has 0 heterocycles. The highest BCUT2D eigenvalue weighted by Crippen LogP contribution is 2.49. The summed E-state index contributed by atoms with van der Waals surface area (Å²) in [7, 11) is 0. The Morgan fingerprint density at radius 2 is 1.80 bits per heavy atom. The Labute approximate surface area is 122 Å². The fourth-order valence-electron chi connectivity index (χ4n) is 5.30. The first-order valence-electron chi connectivity index (χ1n) is 8.56. The molecular formula is C17H29NO2. The first kappa shape index (κ1) is 14.4. The number of aliphatic carboxylic acids is 1. The van der Waals surface area contributed by atoms with Crippen LogP contribution in [-0.4, -0.2) is 23.2 Å². The van der Waals surface area contributed by atoms with Gasteiger partial charge >= 0.3 is 5.97 Å². The van der Waals surface area contributed by atoms with Gasteiger partial charge in [0, 0.05) is 12.1 Å². The maximum atomic E-state index is 11.6. The topological polar surface area (TPSA) is 49.3 Å². The first-order chi connectivity index (χ1) is 9.58. The average Bonchev–Trinajstić information content (AvgIpc) is 2.99. The zero-order valence-electron chi connectivity index (χ0n) is 12.8. The standard InChI is InChI=1S/C17H29NO2/c1-10(2)13-5-3-4-6-14(13)18-16-12-8-7-11(9-12)15(16)17(19)20/h10-16,18H,3-9H2,1-2H3,(H,19,20). The van der Waals surface area contributed by atoms with E-state index < -0.39 is 5.97 Å². The van der Waals surface area contributed by atoms with Crippen molar-refractivity contribution in [2.24, 2.45) is 29.6 Å². The average molecular weight is 279 g/mol. The monoisotopic (exact) mass is 279 g/mol. The van der Waals surface area contributed by atoms with Crippen molar-refractivity contribution in [2.45, 2.75) is 70.9 Å². The summed E-state index contributed by atoms with van der Waals surface area (Å²) in [5, 5.41) is 13.4. The van der Waals surface area contributed by atoms with Crippen LogP contribution in [0.5, 0.6) is 0 Å². The summed E-state index contributed by atoms with van der Waals surface area (Å²) in [6.07, 6.45) is 8.73. The second-order valence-electron chi connectivity index (χ2n) is 7.69. The van der Waals surface area contributed by atoms with Crippen LogP contribution in [0, 0.1) is 29.6 Å². The van der Waals surface area contributed by atoms with Gasteiger partial charge in [-0.05, 0) is 55.8 Å². The minimum absolute atomic E-state index is 0.122. The quantitative estimate of drug-likeness (QED) is 0.830. The molecule has 114 valence electrons. The van der Waals surface area contributed by atoms with E-state index in [0.717, 1.165) is 18.8 Å². The second kappa shape index (κ2) is 5.67. The molecule has 3 aliphatic rings. The van der Waals surface area contributed by atoms with Gasteiger partial charge in [-0.25, -0.2) is 0 Å². The van der Waals surface area contributed by atoms with E-state index >= 15 is 0 Å². The lowest BCUT2D eigenvalue weighted by molar-refractivity contribution is -0.144. The fraction of sp³-hybridized carbons (Fsp3) is 0.941. The van der Waals surface area contributed by atoms with Crippen LogP contribution in [0.15, 0.2) is 0 Å². The molecule has 0 aliphatic heterocycles. The van der Waals surface area contributed by atoms with Crippen molar-refractivity contribution in [3.05, 3.63) is 0 Å². The molecule has 3 nitrogen and oxygen atoms in total. The smallest absolute Gasteiger partial charge is 0.308 e. The van der Waals surface area contributed by atoms with Gasteiger partial charge in [-0.15, -0.1) is 0 Å². The highest BCUT2D eigenvalue weighted by molar-refractivity contribution is 5.72. The molecule has 3 rings (SSSR count). The molecule has 3 aliphatic carbocycles. The maximum absolute atomic E-state index is 11.6. The molecule has 6 unspecified atom stereocenters. The Balaban J connectivity index is 1.70. The molecule has 6 atom stereocenters. The van der Waals surface area contributed by atoms with Gasteiger partial charge in [0.2, 0.25) is 0 Å². The lowest BCUT2D eigenvalue weighted by Gasteiger charge is -2.40. The number of carboxylic acids is 1. The molecule has 2 N–H and O–H groups in total. The zero-order valence-corrected chi connectivity index (χ0v) is 12.8. The molecule has 0 aromatic carbocycles. The third-order valence-corrected chi connectivity index (χ3v) is 6.28. The molecule has 0 radical (unpaired) electrons. The van der Waals surface area contributed by atoms with Crippen molar-refractivity contribution in [3.63, 3.8) is 0 Å². The second-order valence-corrected chi connectivity index (χ2v) is 7.69. The van der Waals surface area contributed by atoms with Gasteiger partial charge in [-0.2, -0.15) is 0 Å². The minimum Gasteiger partial charge on any atom is -0.481 e. The van der Waals surface area contributed by atoms with Crippen molar-refractivity contribution < 1.29 is 9.90 Å². The van der Waals surface area contributed by atoms with Gasteiger partial charge in [0.15, 0.2) is 0 Å². The van der Waals surface area contributed by atoms with E-state index in [4.69, 9.17) is 0 Å². The number of carboxylic acid groups (broad SMARTS) is 1. The molecular weight excluding hydrogens is 250 g/mol. The SMILES string of the molecule is CC(C)C1CCCCC1NC1C2CCC(C2)C1C(=O)O. The van der Waals surface area contributed by atoms with Crippen molar-refractivity contribution >= 4 is 5.97 Å². The van der Waals surface area contributed by atoms with Crippen LogP contribution in [0.25, 0.3) is 0 Å². The van der Waals surface area contributed by atoms with Crippen molar-refractivity contribution in [1.29, 1.82) is 0 Å². The van der Waals surface area contributed by atoms with E-state index in [2.05, 4.69) is 19.2 Å². The van der Waals surface area contributed by atoms with E-state index in [9.17, 15) is 9.90 Å². The Kier molecular flexibility index (Phi) is 4.07. The third-order valence-electron chi connectivity index (χ3n) is 6.28. The summed E-state index contributed by atoms with van der Waals surface area (Å²) >= 11 is 0. The van der Waals surface area contributed by atoms with Crippen LogP contribution in [0.4, 0.5) is 0 Å². The lowest BCUT2D eigenvalue weighted by atomic mass is 9.76. The Morgan fingerprint density at radius 3 is 2.50 bits per heavy atom. The normalized spacial score (nSPS) is 44.1. The van der Waals surface area contributed by atoms with E-state index in [-0.39, 0.29) is 12.0 Å². The summed E-state index contributed by atoms with van der Waals surface area (Å²) < 4.78 is 0. The predicted molar refractivity (Wildman–Crippen MR) is 79.5 cm³/mol. The maximum Gasteiger partial charge on any atom is 0.308 e. The zero-order chi connectivity index (χ0) is 14.3. The molecule has 0 spiro atoms. The molecule has 3 saturated carbocycles. The summed E-state index contributed by atoms with van der Waals surface area (Å²) in [5.41, 5.74) is 0. The molecule has 3 heteroatoms. The highest BCUT2D eigenvalue weighted by atomic mass is 16.4. The molecule has 0 aromatic rings. The minimum atomic E-state index is -0.563. The Bertz CT molecular complexity index is 368. The number of hydrogen-bond acceptors (Lipinski definition) is 2. The van der Waals surface area contributed by atoms with E-state index in [1.165, 1.54) is 32.1 Å². The van der Waals surface area contributed by atoms with Crippen LogP contribution < -0.4 is 5.32 Å². The van der Waals surface area contributed by atoms with Crippen LogP contribution >= 0.6 is 0 Å². The highest BCUT2D eigenvalue weighted by Gasteiger charge is 2.51. The van der Waals surface area contributed by atoms with Gasteiger partial charge in [-0.3, -0.25) is 4.79 Å². The molecule has 0 amide bonds. The number of fused-ring (bicyclic) bond motifs is 2. The number of hydrogen-bond donors (Lipinski definition) is 2. The Morgan fingerprint density at radius 1 is 1.10 bits per heavy atom. The van der Waals surface area contributed by atoms with Crippen LogP contribution in [0.1, 0.15) is 58.8 Å². The van der Waals surface area contributed by atoms with Gasteiger partial charge in [0.05, 0.1) is 5.92 Å². The van der Waals surface area contributed by atoms with Crippen LogP contribution in [0.3, 0.4) is 0 Å². The van der Waals surface area contributed by atoms with Crippen molar-refractivity contribution in [1.82, 2.24) is 5.32 Å². The van der Waals surface area contributed by atoms with Gasteiger partial charge in [-0.1, -0.05) is 26.7 Å². The summed E-state index contributed by atoms with van der Waals surface area (Å²) in [6, 6.07) is 0.797. The predicted octanol–water partition coefficient (Wildman–Crippen LogP) is 3.29. The molecule has 0 aromatic heterocycles. The number of rotatable bonds is 4. The van der Waals surface area contributed by atoms with Crippen molar-refractivity contribution in [3.8, 4) is 0 Å². The van der Waals surface area contributed by atoms with Crippen LogP contribution in [-0.2, 0) is 4.79 Å². The molecule has 0 saturated heterocycles. The van der Waals surface area contributed by atoms with Gasteiger partial charge in [0.1, 0.15) is 0 Å². The van der Waals surface area contributed by atoms with E-state index in [1.54, 1.807) is 0 Å². The number of nitrogens with one attached hydrogen (secondary N) is 1. The van der Waals surface area contributed by atoms with Gasteiger partial charge in [0.25, 0.3) is 0 Å². The summed E-state index contributed by atoms with van der Waals surface area (Å²) in [5.74, 6) is 1.81. The first-order valence-corrected chi connectivity index (χ1v) is 8.56. The molecule has 2 bridgehead atoms. The fourth-order valence-corrected chi connectivity index (χ4v) is 5.30. The molecule has 20 heavy (non-hydrogen) atoms. The molecule has 3 fully saturated rings. The number of carbonyl (C=O) groups is 1. The third kappa shape index (κ3) is 2.49. The lowest BCUT2D eigenvalue weighted by Crippen LogP contribution is -2.52. The largest absolute Gasteiger partial charge is 0.481 e. The summed E-state index contributed by atoms with van der Waals surface area (Å²) in [4.78, 5) is 11.6.